The number of carbonyl (C=O) groups excluding carboxylic acids is 3. The SMILES string of the molecule is CCC(C)(C)N(C(=O)C(Cc1ccc(O)cc1)NC(=O)OC(C)(C)C)C(C(=O)Nc1c(C)cccc1C)c1cccc(C)c1. The maximum Gasteiger partial charge on any atom is 0.408 e. The lowest BCUT2D eigenvalue weighted by molar-refractivity contribution is -0.147. The highest BCUT2D eigenvalue weighted by Crippen LogP contribution is 2.34. The zero-order valence-corrected chi connectivity index (χ0v) is 27.4. The molecule has 0 saturated heterocycles. The number of ether oxygens (including phenoxy) is 1. The zero-order valence-electron chi connectivity index (χ0n) is 27.4. The topological polar surface area (TPSA) is 108 Å². The van der Waals surface area contributed by atoms with Crippen molar-refractivity contribution in [2.45, 2.75) is 98.4 Å². The van der Waals surface area contributed by atoms with E-state index in [1.54, 1.807) is 37.8 Å². The van der Waals surface area contributed by atoms with Crippen molar-refractivity contribution in [2.75, 3.05) is 5.32 Å². The quantitative estimate of drug-likeness (QED) is 0.229. The first kappa shape index (κ1) is 34.2. The van der Waals surface area contributed by atoms with Gasteiger partial charge >= 0.3 is 6.09 Å². The van der Waals surface area contributed by atoms with Gasteiger partial charge in [-0.05, 0) is 96.2 Å². The maximum atomic E-state index is 14.8. The summed E-state index contributed by atoms with van der Waals surface area (Å²) in [5, 5.41) is 15.7. The molecule has 2 atom stereocenters. The molecule has 0 aliphatic rings. The number of phenols is 1. The largest absolute Gasteiger partial charge is 0.508 e. The number of aromatic hydroxyl groups is 1. The van der Waals surface area contributed by atoms with E-state index in [1.165, 1.54) is 12.1 Å². The zero-order chi connectivity index (χ0) is 32.8. The molecule has 0 aliphatic carbocycles. The second-order valence-corrected chi connectivity index (χ2v) is 13.0. The Morgan fingerprint density at radius 2 is 1.48 bits per heavy atom. The summed E-state index contributed by atoms with van der Waals surface area (Å²) >= 11 is 0. The highest BCUT2D eigenvalue weighted by Gasteiger charge is 2.43. The van der Waals surface area contributed by atoms with Crippen molar-refractivity contribution in [2.24, 2.45) is 0 Å². The second kappa shape index (κ2) is 14.0. The first-order valence-corrected chi connectivity index (χ1v) is 15.1. The van der Waals surface area contributed by atoms with E-state index >= 15 is 0 Å². The van der Waals surface area contributed by atoms with Gasteiger partial charge in [-0.25, -0.2) is 4.79 Å². The number of aryl methyl sites for hydroxylation is 3. The summed E-state index contributed by atoms with van der Waals surface area (Å²) < 4.78 is 5.54. The fourth-order valence-electron chi connectivity index (χ4n) is 5.09. The Kier molecular flexibility index (Phi) is 10.8. The average molecular weight is 602 g/mol. The standard InChI is InChI=1S/C36H47N3O5/c1-10-36(8,9)39(33(42)29(37-34(43)44-35(5,6)7)22-26-17-19-28(40)20-18-26)31(27-16-11-13-23(2)21-27)32(41)38-30-24(3)14-12-15-25(30)4/h11-21,29,31,40H,10,22H2,1-9H3,(H,37,43)(H,38,41). The monoisotopic (exact) mass is 601 g/mol. The molecule has 44 heavy (non-hydrogen) atoms. The van der Waals surface area contributed by atoms with Gasteiger partial charge in [0.25, 0.3) is 5.91 Å². The lowest BCUT2D eigenvalue weighted by Crippen LogP contribution is -2.59. The molecule has 0 spiro atoms. The highest BCUT2D eigenvalue weighted by atomic mass is 16.6. The van der Waals surface area contributed by atoms with Crippen molar-refractivity contribution in [1.29, 1.82) is 0 Å². The molecule has 8 nitrogen and oxygen atoms in total. The van der Waals surface area contributed by atoms with Gasteiger partial charge in [0.15, 0.2) is 0 Å². The Labute approximate surface area is 261 Å². The van der Waals surface area contributed by atoms with E-state index in [2.05, 4.69) is 10.6 Å². The van der Waals surface area contributed by atoms with E-state index in [9.17, 15) is 19.5 Å². The Bertz CT molecular complexity index is 1450. The van der Waals surface area contributed by atoms with E-state index in [0.29, 0.717) is 17.7 Å². The summed E-state index contributed by atoms with van der Waals surface area (Å²) in [6.07, 6.45) is -0.0833. The predicted molar refractivity (Wildman–Crippen MR) is 175 cm³/mol. The average Bonchev–Trinajstić information content (AvgIpc) is 2.93. The number of hydrogen-bond acceptors (Lipinski definition) is 5. The Morgan fingerprint density at radius 3 is 2.02 bits per heavy atom. The molecule has 3 amide bonds. The molecule has 0 radical (unpaired) electrons. The third-order valence-electron chi connectivity index (χ3n) is 7.71. The summed E-state index contributed by atoms with van der Waals surface area (Å²) in [5.74, 6) is -0.698. The number of para-hydroxylation sites is 1. The van der Waals surface area contributed by atoms with E-state index in [0.717, 1.165) is 22.3 Å². The fourth-order valence-corrected chi connectivity index (χ4v) is 5.09. The third-order valence-corrected chi connectivity index (χ3v) is 7.71. The predicted octanol–water partition coefficient (Wildman–Crippen LogP) is 7.15. The number of carbonyl (C=O) groups is 3. The minimum Gasteiger partial charge on any atom is -0.508 e. The van der Waals surface area contributed by atoms with Crippen LogP contribution in [0.25, 0.3) is 0 Å². The van der Waals surface area contributed by atoms with Crippen LogP contribution in [-0.2, 0) is 20.7 Å². The van der Waals surface area contributed by atoms with E-state index < -0.39 is 35.2 Å². The molecule has 0 fully saturated rings. The maximum absolute atomic E-state index is 14.8. The molecule has 0 heterocycles. The van der Waals surface area contributed by atoms with Crippen molar-refractivity contribution in [1.82, 2.24) is 10.2 Å². The number of nitrogens with one attached hydrogen (secondary N) is 2. The van der Waals surface area contributed by atoms with Crippen molar-refractivity contribution in [3.05, 3.63) is 94.5 Å². The van der Waals surface area contributed by atoms with Gasteiger partial charge in [0.1, 0.15) is 23.4 Å². The second-order valence-electron chi connectivity index (χ2n) is 13.0. The third kappa shape index (κ3) is 8.85. The normalized spacial score (nSPS) is 13.0. The van der Waals surface area contributed by atoms with Crippen LogP contribution in [0.5, 0.6) is 5.75 Å². The number of phenolic OH excluding ortho intramolecular Hbond substituents is 1. The number of hydrogen-bond donors (Lipinski definition) is 3. The molecule has 0 bridgehead atoms. The van der Waals surface area contributed by atoms with Crippen molar-refractivity contribution >= 4 is 23.6 Å². The number of amides is 3. The first-order valence-electron chi connectivity index (χ1n) is 15.1. The van der Waals surface area contributed by atoms with Crippen molar-refractivity contribution in [3.8, 4) is 5.75 Å². The van der Waals surface area contributed by atoms with Crippen LogP contribution in [0, 0.1) is 20.8 Å². The fraction of sp³-hybridized carbons (Fsp3) is 0.417. The van der Waals surface area contributed by atoms with Gasteiger partial charge in [-0.3, -0.25) is 9.59 Å². The highest BCUT2D eigenvalue weighted by molar-refractivity contribution is 6.00. The van der Waals surface area contributed by atoms with Gasteiger partial charge < -0.3 is 25.4 Å². The molecule has 3 rings (SSSR count). The molecular weight excluding hydrogens is 554 g/mol. The minimum absolute atomic E-state index is 0.0909. The van der Waals surface area contributed by atoms with Gasteiger partial charge in [-0.2, -0.15) is 0 Å². The van der Waals surface area contributed by atoms with Crippen LogP contribution in [0.15, 0.2) is 66.7 Å². The van der Waals surface area contributed by atoms with Crippen LogP contribution in [0.2, 0.25) is 0 Å². The number of benzene rings is 3. The molecule has 0 aromatic heterocycles. The lowest BCUT2D eigenvalue weighted by Gasteiger charge is -2.44. The molecule has 2 unspecified atom stereocenters. The van der Waals surface area contributed by atoms with Gasteiger partial charge in [-0.15, -0.1) is 0 Å². The van der Waals surface area contributed by atoms with Crippen LogP contribution < -0.4 is 10.6 Å². The number of anilines is 1. The summed E-state index contributed by atoms with van der Waals surface area (Å²) in [7, 11) is 0. The van der Waals surface area contributed by atoms with Gasteiger partial charge in [0.05, 0.1) is 0 Å². The van der Waals surface area contributed by atoms with Gasteiger partial charge in [0.2, 0.25) is 5.91 Å². The molecule has 3 N–H and O–H groups in total. The van der Waals surface area contributed by atoms with E-state index in [1.807, 2.05) is 84.0 Å². The minimum atomic E-state index is -1.07. The Hall–Kier alpha value is -4.33. The van der Waals surface area contributed by atoms with E-state index in [-0.39, 0.29) is 18.1 Å². The first-order chi connectivity index (χ1) is 20.5. The lowest BCUT2D eigenvalue weighted by atomic mass is 9.90. The van der Waals surface area contributed by atoms with Crippen LogP contribution in [-0.4, -0.2) is 45.1 Å². The summed E-state index contributed by atoms with van der Waals surface area (Å²) in [4.78, 5) is 43.9. The van der Waals surface area contributed by atoms with Crippen LogP contribution >= 0.6 is 0 Å². The number of rotatable bonds is 10. The smallest absolute Gasteiger partial charge is 0.408 e. The summed E-state index contributed by atoms with van der Waals surface area (Å²) in [5.41, 5.74) is 3.26. The molecule has 3 aromatic carbocycles. The molecule has 0 aliphatic heterocycles. The van der Waals surface area contributed by atoms with Crippen molar-refractivity contribution < 1.29 is 24.2 Å². The van der Waals surface area contributed by atoms with Crippen LogP contribution in [0.1, 0.15) is 81.8 Å². The Balaban J connectivity index is 2.17. The summed E-state index contributed by atoms with van der Waals surface area (Å²) in [6, 6.07) is 17.8. The molecule has 0 saturated carbocycles. The van der Waals surface area contributed by atoms with Crippen LogP contribution in [0.4, 0.5) is 10.5 Å². The van der Waals surface area contributed by atoms with Crippen molar-refractivity contribution in [3.63, 3.8) is 0 Å². The molecular formula is C36H47N3O5. The molecule has 236 valence electrons. The molecule has 3 aromatic rings. The molecule has 8 heteroatoms. The number of nitrogens with zero attached hydrogens (tertiary/aromatic N) is 1. The Morgan fingerprint density at radius 1 is 0.886 bits per heavy atom. The van der Waals surface area contributed by atoms with Crippen LogP contribution in [0.3, 0.4) is 0 Å². The van der Waals surface area contributed by atoms with Gasteiger partial charge in [-0.1, -0.05) is 67.1 Å². The van der Waals surface area contributed by atoms with E-state index in [4.69, 9.17) is 4.74 Å². The van der Waals surface area contributed by atoms with Gasteiger partial charge in [0, 0.05) is 17.6 Å². The number of alkyl carbamates (subject to hydrolysis) is 1. The summed E-state index contributed by atoms with van der Waals surface area (Å²) in [6.45, 7) is 16.9.